The minimum absolute atomic E-state index is 0. The maximum Gasteiger partial charge on any atom is 4.00 e. The molecule has 8 N–H and O–H groups in total. The third kappa shape index (κ3) is 22800. The number of hydrogen-bond acceptors (Lipinski definition) is 12. The molecule has 0 saturated carbocycles. The van der Waals surface area contributed by atoms with Crippen molar-refractivity contribution in [2.75, 3.05) is 0 Å². The normalized spacial score (nSPS) is 9.67. The molecule has 0 unspecified atom stereocenters. The molecular formula is H8N2O12S3Zr. The molecule has 14 nitrogen and oxygen atoms in total. The summed E-state index contributed by atoms with van der Waals surface area (Å²) in [7, 11) is -15.5. The molecule has 0 aromatic rings. The van der Waals surface area contributed by atoms with Crippen molar-refractivity contribution in [2.24, 2.45) is 0 Å². The third-order valence-corrected chi connectivity index (χ3v) is 0. The summed E-state index contributed by atoms with van der Waals surface area (Å²) in [5, 5.41) is 0. The van der Waals surface area contributed by atoms with Gasteiger partial charge < -0.3 is 39.6 Å². The standard InChI is InChI=1S/2H3N.3H2O4S.Zr/c;;3*1-5(2,3)4;/h2*1H3;3*(H2,1,2,3,4);/q;;;;;+4/p-4. The van der Waals surface area contributed by atoms with Crippen molar-refractivity contribution in [3.8, 4) is 0 Å². The van der Waals surface area contributed by atoms with Gasteiger partial charge in [0.2, 0.25) is 0 Å². The quantitative estimate of drug-likeness (QED) is 0.290. The molecule has 0 atom stereocenters. The van der Waals surface area contributed by atoms with Crippen LogP contribution in [-0.2, 0) is 57.4 Å². The summed E-state index contributed by atoms with van der Waals surface area (Å²) in [6.07, 6.45) is 0. The largest absolute Gasteiger partial charge is 4.00 e. The van der Waals surface area contributed by atoms with E-state index >= 15 is 0 Å². The van der Waals surface area contributed by atoms with Crippen LogP contribution in [0, 0.1) is 0 Å². The maximum atomic E-state index is 8.52. The van der Waals surface area contributed by atoms with Gasteiger partial charge in [-0.2, -0.15) is 0 Å². The first-order chi connectivity index (χ1) is 6.00. The van der Waals surface area contributed by atoms with Crippen LogP contribution in [0.4, 0.5) is 0 Å². The minimum Gasteiger partial charge on any atom is -0.759 e. The summed E-state index contributed by atoms with van der Waals surface area (Å²) in [5.74, 6) is 0. The van der Waals surface area contributed by atoms with Gasteiger partial charge >= 0.3 is 26.2 Å². The second-order valence-corrected chi connectivity index (χ2v) is 3.67. The summed E-state index contributed by atoms with van der Waals surface area (Å²) in [6.45, 7) is 0. The molecule has 18 heavy (non-hydrogen) atoms. The van der Waals surface area contributed by atoms with Crippen molar-refractivity contribution < 1.29 is 78.8 Å². The fourth-order valence-electron chi connectivity index (χ4n) is 0. The fraction of sp³-hybridized carbons (Fsp3) is 0. The van der Waals surface area contributed by atoms with E-state index in [4.69, 9.17) is 52.6 Å². The van der Waals surface area contributed by atoms with Gasteiger partial charge in [0.25, 0.3) is 0 Å². The molecule has 0 amide bonds. The minimum atomic E-state index is -5.17. The van der Waals surface area contributed by atoms with E-state index in [1.54, 1.807) is 0 Å². The molecule has 18 heteroatoms. The first-order valence-electron chi connectivity index (χ1n) is 2.00. The van der Waals surface area contributed by atoms with Gasteiger partial charge in [-0.25, -0.2) is 0 Å². The Labute approximate surface area is 122 Å². The van der Waals surface area contributed by atoms with Crippen LogP contribution in [-0.4, -0.2) is 52.6 Å². The van der Waals surface area contributed by atoms with Crippen LogP contribution in [0.3, 0.4) is 0 Å². The van der Waals surface area contributed by atoms with Crippen LogP contribution in [0.2, 0.25) is 0 Å². The SMILES string of the molecule is O=S(=O)([O-])[O-].O=S(=O)([O-])[O-].O=S(=O)([O-])[O-].[NH4+].[NH4+].[Zr+4]. The Bertz CT molecular complexity index is 346. The van der Waals surface area contributed by atoms with Crippen molar-refractivity contribution in [2.45, 2.75) is 0 Å². The van der Waals surface area contributed by atoms with E-state index in [2.05, 4.69) is 0 Å². The molecule has 0 aromatic heterocycles. The molecule has 0 heterocycles. The Morgan fingerprint density at radius 2 is 0.444 bits per heavy atom. The van der Waals surface area contributed by atoms with Gasteiger partial charge in [-0.3, -0.25) is 25.3 Å². The van der Waals surface area contributed by atoms with Crippen LogP contribution < -0.4 is 12.3 Å². The first kappa shape index (κ1) is 36.2. The van der Waals surface area contributed by atoms with E-state index in [1.165, 1.54) is 0 Å². The zero-order valence-corrected chi connectivity index (χ0v) is 13.5. The topological polar surface area (TPSA) is 314 Å². The van der Waals surface area contributed by atoms with Crippen LogP contribution in [0.1, 0.15) is 0 Å². The van der Waals surface area contributed by atoms with Gasteiger partial charge in [-0.15, -0.1) is 0 Å². The summed E-state index contributed by atoms with van der Waals surface area (Å²) in [5.41, 5.74) is 0. The zero-order valence-electron chi connectivity index (χ0n) is 8.62. The first-order valence-corrected chi connectivity index (χ1v) is 6.00. The summed E-state index contributed by atoms with van der Waals surface area (Å²) in [4.78, 5) is 0. The molecule has 112 valence electrons. The maximum absolute atomic E-state index is 8.52. The molecule has 0 aliphatic heterocycles. The molecule has 0 saturated heterocycles. The van der Waals surface area contributed by atoms with Gasteiger partial charge in [-0.1, -0.05) is 0 Å². The second kappa shape index (κ2) is 13.8. The Balaban J connectivity index is -0.0000000277. The zero-order chi connectivity index (χ0) is 13.5. The summed E-state index contributed by atoms with van der Waals surface area (Å²) in [6, 6.07) is 0. The summed E-state index contributed by atoms with van der Waals surface area (Å²) >= 11 is 0. The van der Waals surface area contributed by atoms with Gasteiger partial charge in [0.1, 0.15) is 0 Å². The number of rotatable bonds is 0. The van der Waals surface area contributed by atoms with Crippen LogP contribution >= 0.6 is 0 Å². The van der Waals surface area contributed by atoms with E-state index in [9.17, 15) is 0 Å². The average Bonchev–Trinajstić information content (AvgIpc) is 1.41. The number of quaternary nitrogens is 2. The Morgan fingerprint density at radius 3 is 0.444 bits per heavy atom. The van der Waals surface area contributed by atoms with Crippen molar-refractivity contribution >= 4 is 31.2 Å². The van der Waals surface area contributed by atoms with E-state index in [-0.39, 0.29) is 38.5 Å². The smallest absolute Gasteiger partial charge is 0.759 e. The van der Waals surface area contributed by atoms with Crippen molar-refractivity contribution in [3.63, 3.8) is 0 Å². The fourth-order valence-corrected chi connectivity index (χ4v) is 0. The molecule has 0 aromatic carbocycles. The van der Waals surface area contributed by atoms with E-state index < -0.39 is 31.2 Å². The molecule has 0 spiro atoms. The molecular weight excluding hydrogens is 407 g/mol. The Kier molecular flexibility index (Phi) is 27.9. The van der Waals surface area contributed by atoms with E-state index in [1.807, 2.05) is 0 Å². The van der Waals surface area contributed by atoms with Crippen LogP contribution in [0.25, 0.3) is 0 Å². The Morgan fingerprint density at radius 1 is 0.444 bits per heavy atom. The van der Waals surface area contributed by atoms with Crippen LogP contribution in [0.15, 0.2) is 0 Å². The van der Waals surface area contributed by atoms with Gasteiger partial charge in [0.05, 0.1) is 0 Å². The average molecular weight is 415 g/mol. The van der Waals surface area contributed by atoms with Gasteiger partial charge in [-0.05, 0) is 0 Å². The van der Waals surface area contributed by atoms with Gasteiger partial charge in [0, 0.05) is 31.2 Å². The predicted octanol–water partition coefficient (Wildman–Crippen LogP) is -3.26. The summed E-state index contributed by atoms with van der Waals surface area (Å²) < 4.78 is 102. The van der Waals surface area contributed by atoms with Crippen molar-refractivity contribution in [3.05, 3.63) is 0 Å². The van der Waals surface area contributed by atoms with Crippen molar-refractivity contribution in [1.29, 1.82) is 0 Å². The molecule has 0 fully saturated rings. The van der Waals surface area contributed by atoms with E-state index in [0.29, 0.717) is 0 Å². The molecule has 0 bridgehead atoms. The van der Waals surface area contributed by atoms with E-state index in [0.717, 1.165) is 0 Å². The molecule has 0 aliphatic carbocycles. The second-order valence-electron chi connectivity index (χ2n) is 1.22. The van der Waals surface area contributed by atoms with Gasteiger partial charge in [0.15, 0.2) is 0 Å². The molecule has 0 aliphatic rings. The Hall–Kier alpha value is 0.413. The molecule has 0 radical (unpaired) electrons. The molecule has 0 rings (SSSR count). The predicted molar refractivity (Wildman–Crippen MR) is 43.4 cm³/mol. The van der Waals surface area contributed by atoms with Crippen molar-refractivity contribution in [1.82, 2.24) is 12.3 Å². The monoisotopic (exact) mass is 414 g/mol. The van der Waals surface area contributed by atoms with Crippen LogP contribution in [0.5, 0.6) is 0 Å². The third-order valence-electron chi connectivity index (χ3n) is 0. The number of hydrogen-bond donors (Lipinski definition) is 2.